The molecular formula is C14H27N3O. The van der Waals surface area contributed by atoms with Gasteiger partial charge < -0.3 is 10.6 Å². The van der Waals surface area contributed by atoms with Gasteiger partial charge in [-0.1, -0.05) is 20.3 Å². The summed E-state index contributed by atoms with van der Waals surface area (Å²) in [6.07, 6.45) is 4.92. The molecule has 3 saturated heterocycles. The van der Waals surface area contributed by atoms with Crippen LogP contribution < -0.4 is 10.6 Å². The van der Waals surface area contributed by atoms with Gasteiger partial charge in [0.25, 0.3) is 0 Å². The second-order valence-corrected chi connectivity index (χ2v) is 5.74. The number of urea groups is 1. The monoisotopic (exact) mass is 253 g/mol. The highest BCUT2D eigenvalue weighted by Crippen LogP contribution is 2.37. The first-order valence-electron chi connectivity index (χ1n) is 7.50. The summed E-state index contributed by atoms with van der Waals surface area (Å²) in [5.41, 5.74) is 0. The molecule has 3 fully saturated rings. The van der Waals surface area contributed by atoms with Crippen molar-refractivity contribution in [1.82, 2.24) is 15.5 Å². The van der Waals surface area contributed by atoms with E-state index < -0.39 is 0 Å². The highest BCUT2D eigenvalue weighted by Gasteiger charge is 2.38. The van der Waals surface area contributed by atoms with Gasteiger partial charge in [-0.25, -0.2) is 4.79 Å². The van der Waals surface area contributed by atoms with Crippen molar-refractivity contribution in [3.8, 4) is 0 Å². The predicted octanol–water partition coefficient (Wildman–Crippen LogP) is 1.82. The van der Waals surface area contributed by atoms with Crippen LogP contribution in [0.4, 0.5) is 4.79 Å². The lowest BCUT2D eigenvalue weighted by atomic mass is 9.74. The minimum Gasteiger partial charge on any atom is -0.338 e. The Morgan fingerprint density at radius 2 is 2.17 bits per heavy atom. The number of nitrogens with one attached hydrogen (secondary N) is 2. The summed E-state index contributed by atoms with van der Waals surface area (Å²) in [6, 6.07) is 0.561. The summed E-state index contributed by atoms with van der Waals surface area (Å²) >= 11 is 0. The normalized spacial score (nSPS) is 34.3. The minimum absolute atomic E-state index is 0.00783. The Hall–Kier alpha value is -0.770. The standard InChI is InChI=1S/C14H27N3O/c1-3-6-15-14(18)16-9-13-8-12-5-7-17(13)10-11(12)4-2/h11-13H,3-10H2,1-2H3,(H2,15,16,18)/t11-,12+,13+/m0/s1. The molecule has 0 aromatic carbocycles. The first-order chi connectivity index (χ1) is 8.74. The van der Waals surface area contributed by atoms with Crippen LogP contribution in [0.5, 0.6) is 0 Å². The molecule has 18 heavy (non-hydrogen) atoms. The molecule has 0 aliphatic carbocycles. The Labute approximate surface area is 110 Å². The molecule has 3 aliphatic rings. The Bertz CT molecular complexity index is 282. The molecule has 2 bridgehead atoms. The molecule has 0 saturated carbocycles. The second kappa shape index (κ2) is 6.41. The van der Waals surface area contributed by atoms with Gasteiger partial charge in [-0.3, -0.25) is 4.90 Å². The van der Waals surface area contributed by atoms with Crippen LogP contribution in [-0.2, 0) is 0 Å². The molecule has 4 atom stereocenters. The Morgan fingerprint density at radius 1 is 1.33 bits per heavy atom. The summed E-state index contributed by atoms with van der Waals surface area (Å²) in [5.74, 6) is 1.79. The predicted molar refractivity (Wildman–Crippen MR) is 73.6 cm³/mol. The molecule has 0 aromatic rings. The van der Waals surface area contributed by atoms with Crippen LogP contribution >= 0.6 is 0 Å². The fourth-order valence-corrected chi connectivity index (χ4v) is 3.44. The Morgan fingerprint density at radius 3 is 2.78 bits per heavy atom. The zero-order valence-electron chi connectivity index (χ0n) is 11.7. The van der Waals surface area contributed by atoms with Crippen molar-refractivity contribution in [2.75, 3.05) is 26.2 Å². The van der Waals surface area contributed by atoms with E-state index in [0.29, 0.717) is 6.04 Å². The number of nitrogens with zero attached hydrogens (tertiary/aromatic N) is 1. The van der Waals surface area contributed by atoms with Gasteiger partial charge >= 0.3 is 6.03 Å². The summed E-state index contributed by atoms with van der Waals surface area (Å²) in [4.78, 5) is 14.1. The fourth-order valence-electron chi connectivity index (χ4n) is 3.44. The lowest BCUT2D eigenvalue weighted by Crippen LogP contribution is -2.57. The van der Waals surface area contributed by atoms with E-state index in [1.165, 1.54) is 32.4 Å². The molecule has 1 unspecified atom stereocenters. The number of carbonyl (C=O) groups excluding carboxylic acids is 1. The van der Waals surface area contributed by atoms with E-state index in [9.17, 15) is 4.79 Å². The molecule has 0 radical (unpaired) electrons. The third-order valence-corrected chi connectivity index (χ3v) is 4.57. The van der Waals surface area contributed by atoms with E-state index in [2.05, 4.69) is 29.4 Å². The quantitative estimate of drug-likeness (QED) is 0.785. The maximum atomic E-state index is 11.5. The number of carbonyl (C=O) groups is 1. The lowest BCUT2D eigenvalue weighted by Gasteiger charge is -2.49. The molecule has 104 valence electrons. The van der Waals surface area contributed by atoms with E-state index in [1.807, 2.05) is 0 Å². The molecule has 4 heteroatoms. The van der Waals surface area contributed by atoms with Gasteiger partial charge in [-0.15, -0.1) is 0 Å². The molecular weight excluding hydrogens is 226 g/mol. The first kappa shape index (κ1) is 13.7. The number of piperidine rings is 3. The van der Waals surface area contributed by atoms with E-state index >= 15 is 0 Å². The van der Waals surface area contributed by atoms with Gasteiger partial charge in [-0.2, -0.15) is 0 Å². The van der Waals surface area contributed by atoms with Crippen molar-refractivity contribution in [3.05, 3.63) is 0 Å². The minimum atomic E-state index is -0.00783. The van der Waals surface area contributed by atoms with Gasteiger partial charge in [-0.05, 0) is 37.6 Å². The number of hydrogen-bond acceptors (Lipinski definition) is 2. The van der Waals surface area contributed by atoms with Gasteiger partial charge in [0.15, 0.2) is 0 Å². The number of amides is 2. The topological polar surface area (TPSA) is 44.4 Å². The maximum absolute atomic E-state index is 11.5. The van der Waals surface area contributed by atoms with Crippen molar-refractivity contribution in [2.45, 2.75) is 45.6 Å². The number of fused-ring (bicyclic) bond motifs is 3. The molecule has 3 heterocycles. The van der Waals surface area contributed by atoms with Crippen molar-refractivity contribution in [2.24, 2.45) is 11.8 Å². The van der Waals surface area contributed by atoms with Crippen molar-refractivity contribution >= 4 is 6.03 Å². The van der Waals surface area contributed by atoms with Gasteiger partial charge in [0, 0.05) is 25.7 Å². The zero-order chi connectivity index (χ0) is 13.0. The van der Waals surface area contributed by atoms with Gasteiger partial charge in [0.05, 0.1) is 0 Å². The van der Waals surface area contributed by atoms with E-state index in [0.717, 1.165) is 31.3 Å². The van der Waals surface area contributed by atoms with E-state index in [1.54, 1.807) is 0 Å². The van der Waals surface area contributed by atoms with Crippen LogP contribution in [0.3, 0.4) is 0 Å². The highest BCUT2D eigenvalue weighted by molar-refractivity contribution is 5.73. The third kappa shape index (κ3) is 3.16. The highest BCUT2D eigenvalue weighted by atomic mass is 16.2. The summed E-state index contributed by atoms with van der Waals surface area (Å²) < 4.78 is 0. The molecule has 2 amide bonds. The van der Waals surface area contributed by atoms with Crippen molar-refractivity contribution in [3.63, 3.8) is 0 Å². The van der Waals surface area contributed by atoms with Crippen LogP contribution in [0.1, 0.15) is 39.5 Å². The fraction of sp³-hybridized carbons (Fsp3) is 0.929. The average Bonchev–Trinajstić information content (AvgIpc) is 2.43. The number of rotatable bonds is 5. The van der Waals surface area contributed by atoms with Crippen LogP contribution in [-0.4, -0.2) is 43.2 Å². The summed E-state index contributed by atoms with van der Waals surface area (Å²) in [6.45, 7) is 8.41. The first-order valence-corrected chi connectivity index (χ1v) is 7.50. The lowest BCUT2D eigenvalue weighted by molar-refractivity contribution is 0.00145. The van der Waals surface area contributed by atoms with Crippen LogP contribution in [0.15, 0.2) is 0 Å². The molecule has 3 aliphatic heterocycles. The summed E-state index contributed by atoms with van der Waals surface area (Å²) in [7, 11) is 0. The van der Waals surface area contributed by atoms with Gasteiger partial charge in [0.2, 0.25) is 0 Å². The van der Waals surface area contributed by atoms with E-state index in [4.69, 9.17) is 0 Å². The zero-order valence-corrected chi connectivity index (χ0v) is 11.7. The van der Waals surface area contributed by atoms with Crippen molar-refractivity contribution in [1.29, 1.82) is 0 Å². The van der Waals surface area contributed by atoms with Crippen LogP contribution in [0, 0.1) is 11.8 Å². The summed E-state index contributed by atoms with van der Waals surface area (Å²) in [5, 5.41) is 5.88. The molecule has 2 N–H and O–H groups in total. The number of hydrogen-bond donors (Lipinski definition) is 2. The Kier molecular flexibility index (Phi) is 4.87. The van der Waals surface area contributed by atoms with E-state index in [-0.39, 0.29) is 6.03 Å². The largest absolute Gasteiger partial charge is 0.338 e. The maximum Gasteiger partial charge on any atom is 0.314 e. The van der Waals surface area contributed by atoms with Crippen LogP contribution in [0.25, 0.3) is 0 Å². The molecule has 0 spiro atoms. The van der Waals surface area contributed by atoms with Crippen molar-refractivity contribution < 1.29 is 4.79 Å². The second-order valence-electron chi connectivity index (χ2n) is 5.74. The van der Waals surface area contributed by atoms with Crippen LogP contribution in [0.2, 0.25) is 0 Å². The smallest absolute Gasteiger partial charge is 0.314 e. The molecule has 3 rings (SSSR count). The van der Waals surface area contributed by atoms with Gasteiger partial charge in [0.1, 0.15) is 0 Å². The molecule has 4 nitrogen and oxygen atoms in total. The third-order valence-electron chi connectivity index (χ3n) is 4.57. The SMILES string of the molecule is CCCNC(=O)NC[C@H]1C[C@H]2CCN1C[C@@H]2CC. The Balaban J connectivity index is 1.73. The molecule has 0 aromatic heterocycles. The average molecular weight is 253 g/mol.